The van der Waals surface area contributed by atoms with Crippen LogP contribution in [0.2, 0.25) is 0 Å². The molecule has 0 spiro atoms. The van der Waals surface area contributed by atoms with Gasteiger partial charge in [-0.2, -0.15) is 13.2 Å². The summed E-state index contributed by atoms with van der Waals surface area (Å²) in [6, 6.07) is 8.16. The second kappa shape index (κ2) is 9.55. The number of fused-ring (bicyclic) bond motifs is 1. The van der Waals surface area contributed by atoms with Crippen LogP contribution in [0.5, 0.6) is 0 Å². The van der Waals surface area contributed by atoms with Crippen LogP contribution >= 0.6 is 12.3 Å². The molecule has 1 saturated carbocycles. The summed E-state index contributed by atoms with van der Waals surface area (Å²) in [6.45, 7) is -0.780. The maximum atomic E-state index is 14.3. The molecule has 0 radical (unpaired) electrons. The number of rotatable bonds is 6. The molecule has 1 N–H and O–H groups in total. The van der Waals surface area contributed by atoms with E-state index in [1.54, 1.807) is 17.7 Å². The minimum absolute atomic E-state index is 0.0326. The summed E-state index contributed by atoms with van der Waals surface area (Å²) in [4.78, 5) is 18.1. The standard InChI is InChI=1S/C26H19F5N6O2S/c1-35-12-32-34-24(35)18-8-15(27)4-5-17(18)14-6-21(13-2-3-13)33-22(7-14)36-10-20(26(28,29)30)19-9-16(11-38)37(40-31)23(19)25(36)39/h4-10,12-13,38H,2-3,11H2,1H3. The van der Waals surface area contributed by atoms with E-state index in [4.69, 9.17) is 0 Å². The van der Waals surface area contributed by atoms with Gasteiger partial charge in [0.05, 0.1) is 17.9 Å². The molecule has 0 bridgehead atoms. The van der Waals surface area contributed by atoms with E-state index in [0.717, 1.165) is 23.5 Å². The molecular formula is C26H19F5N6O2S. The van der Waals surface area contributed by atoms with Crippen molar-refractivity contribution in [2.45, 2.75) is 31.5 Å². The number of benzene rings is 1. The van der Waals surface area contributed by atoms with E-state index >= 15 is 0 Å². The molecule has 1 aliphatic carbocycles. The van der Waals surface area contributed by atoms with E-state index in [-0.39, 0.29) is 17.4 Å². The molecule has 0 atom stereocenters. The molecule has 0 unspecified atom stereocenters. The summed E-state index contributed by atoms with van der Waals surface area (Å²) >= 11 is -0.480. The Morgan fingerprint density at radius 3 is 2.52 bits per heavy atom. The lowest BCUT2D eigenvalue weighted by atomic mass is 9.98. The number of aliphatic hydroxyl groups excluding tert-OH is 1. The van der Waals surface area contributed by atoms with Gasteiger partial charge < -0.3 is 9.67 Å². The fraction of sp³-hybridized carbons (Fsp3) is 0.231. The van der Waals surface area contributed by atoms with Crippen LogP contribution in [0.1, 0.15) is 35.7 Å². The van der Waals surface area contributed by atoms with Gasteiger partial charge in [-0.3, -0.25) is 13.3 Å². The minimum Gasteiger partial charge on any atom is -0.390 e. The van der Waals surface area contributed by atoms with E-state index in [2.05, 4.69) is 15.2 Å². The summed E-state index contributed by atoms with van der Waals surface area (Å²) < 4.78 is 73.7. The largest absolute Gasteiger partial charge is 0.418 e. The zero-order valence-corrected chi connectivity index (χ0v) is 21.5. The molecule has 1 fully saturated rings. The highest BCUT2D eigenvalue weighted by Crippen LogP contribution is 2.42. The van der Waals surface area contributed by atoms with Crippen molar-refractivity contribution in [3.8, 4) is 28.3 Å². The van der Waals surface area contributed by atoms with Crippen LogP contribution in [0.15, 0.2) is 53.7 Å². The van der Waals surface area contributed by atoms with Crippen molar-refractivity contribution >= 4 is 23.2 Å². The smallest absolute Gasteiger partial charge is 0.390 e. The van der Waals surface area contributed by atoms with Gasteiger partial charge in [-0.25, -0.2) is 9.37 Å². The van der Waals surface area contributed by atoms with Gasteiger partial charge in [0.1, 0.15) is 23.5 Å². The molecule has 1 aliphatic rings. The first-order valence-corrected chi connectivity index (χ1v) is 12.7. The van der Waals surface area contributed by atoms with Crippen LogP contribution in [0.4, 0.5) is 21.4 Å². The number of alkyl halides is 3. The highest BCUT2D eigenvalue weighted by molar-refractivity contribution is 7.93. The zero-order valence-electron chi connectivity index (χ0n) is 20.7. The molecule has 14 heteroatoms. The summed E-state index contributed by atoms with van der Waals surface area (Å²) in [7, 11) is 1.68. The van der Waals surface area contributed by atoms with E-state index in [1.807, 2.05) is 0 Å². The third-order valence-corrected chi connectivity index (χ3v) is 7.41. The van der Waals surface area contributed by atoms with Gasteiger partial charge in [0.2, 0.25) is 0 Å². The van der Waals surface area contributed by atoms with Gasteiger partial charge in [0.15, 0.2) is 18.2 Å². The fourth-order valence-corrected chi connectivity index (χ4v) is 5.24. The number of pyridine rings is 2. The average molecular weight is 575 g/mol. The predicted octanol–water partition coefficient (Wildman–Crippen LogP) is 5.56. The second-order valence-electron chi connectivity index (χ2n) is 9.50. The highest BCUT2D eigenvalue weighted by atomic mass is 32.2. The molecule has 0 aliphatic heterocycles. The monoisotopic (exact) mass is 574 g/mol. The molecule has 0 saturated heterocycles. The summed E-state index contributed by atoms with van der Waals surface area (Å²) in [5.41, 5.74) is -1.02. The molecule has 5 aromatic rings. The van der Waals surface area contributed by atoms with Gasteiger partial charge in [-0.1, -0.05) is 6.07 Å². The number of hydrogen-bond donors (Lipinski definition) is 1. The first-order chi connectivity index (χ1) is 19.1. The summed E-state index contributed by atoms with van der Waals surface area (Å²) in [5.74, 6) is -0.260. The number of nitrogens with zero attached hydrogens (tertiary/aromatic N) is 6. The predicted molar refractivity (Wildman–Crippen MR) is 138 cm³/mol. The molecule has 40 heavy (non-hydrogen) atoms. The van der Waals surface area contributed by atoms with E-state index in [1.165, 1.54) is 30.6 Å². The van der Waals surface area contributed by atoms with Crippen molar-refractivity contribution < 1.29 is 26.6 Å². The minimum atomic E-state index is -4.90. The molecule has 8 nitrogen and oxygen atoms in total. The van der Waals surface area contributed by atoms with Gasteiger partial charge in [0, 0.05) is 35.8 Å². The van der Waals surface area contributed by atoms with Crippen molar-refractivity contribution in [1.29, 1.82) is 0 Å². The number of halogens is 5. The molecule has 1 aromatic carbocycles. The van der Waals surface area contributed by atoms with Crippen LogP contribution in [0.25, 0.3) is 39.2 Å². The summed E-state index contributed by atoms with van der Waals surface area (Å²) in [6.07, 6.45) is -1.21. The Morgan fingerprint density at radius 2 is 1.90 bits per heavy atom. The Bertz CT molecular complexity index is 1840. The van der Waals surface area contributed by atoms with Crippen LogP contribution in [0.3, 0.4) is 0 Å². The third kappa shape index (κ3) is 4.36. The van der Waals surface area contributed by atoms with E-state index < -0.39 is 53.0 Å². The molecular weight excluding hydrogens is 555 g/mol. The highest BCUT2D eigenvalue weighted by Gasteiger charge is 2.36. The molecule has 206 valence electrons. The Morgan fingerprint density at radius 1 is 1.12 bits per heavy atom. The van der Waals surface area contributed by atoms with Gasteiger partial charge in [-0.05, 0) is 54.3 Å². The van der Waals surface area contributed by atoms with Crippen LogP contribution in [-0.2, 0) is 19.8 Å². The summed E-state index contributed by atoms with van der Waals surface area (Å²) in [5, 5.41) is 17.0. The Balaban J connectivity index is 1.65. The van der Waals surface area contributed by atoms with Crippen molar-refractivity contribution in [2.24, 2.45) is 7.05 Å². The molecule has 6 rings (SSSR count). The Labute approximate surface area is 227 Å². The normalized spacial score (nSPS) is 13.9. The van der Waals surface area contributed by atoms with Crippen molar-refractivity contribution in [3.05, 3.63) is 82.0 Å². The van der Waals surface area contributed by atoms with Gasteiger partial charge >= 0.3 is 6.18 Å². The lowest BCUT2D eigenvalue weighted by molar-refractivity contribution is -0.136. The number of hydrogen-bond acceptors (Lipinski definition) is 6. The number of aliphatic hydroxyl groups is 1. The number of aryl methyl sites for hydroxylation is 1. The topological polar surface area (TPSA) is 90.8 Å². The average Bonchev–Trinajstić information content (AvgIpc) is 3.58. The van der Waals surface area contributed by atoms with E-state index in [9.17, 15) is 31.3 Å². The Hall–Kier alpha value is -4.04. The SMILES string of the molecule is Cn1cnnc1-c1cc(F)ccc1-c1cc(C2CC2)nc(-n2cc(C(F)(F)F)c3cc(CO)n(SF)c3c2=O)c1. The van der Waals surface area contributed by atoms with Crippen molar-refractivity contribution in [1.82, 2.24) is 28.3 Å². The van der Waals surface area contributed by atoms with Crippen molar-refractivity contribution in [2.75, 3.05) is 0 Å². The van der Waals surface area contributed by atoms with Gasteiger partial charge in [-0.15, -0.1) is 14.1 Å². The van der Waals surface area contributed by atoms with Gasteiger partial charge in [0.25, 0.3) is 5.56 Å². The Kier molecular flexibility index (Phi) is 6.26. The van der Waals surface area contributed by atoms with Crippen LogP contribution < -0.4 is 5.56 Å². The third-order valence-electron chi connectivity index (χ3n) is 6.86. The maximum Gasteiger partial charge on any atom is 0.418 e. The lowest BCUT2D eigenvalue weighted by Crippen LogP contribution is -2.24. The zero-order chi connectivity index (χ0) is 28.3. The fourth-order valence-electron chi connectivity index (χ4n) is 4.79. The first-order valence-electron chi connectivity index (χ1n) is 12.0. The molecule has 4 aromatic heterocycles. The maximum absolute atomic E-state index is 14.3. The second-order valence-corrected chi connectivity index (χ2v) is 10.0. The lowest BCUT2D eigenvalue weighted by Gasteiger charge is -2.16. The first kappa shape index (κ1) is 26.2. The van der Waals surface area contributed by atoms with Crippen LogP contribution in [0, 0.1) is 5.82 Å². The van der Waals surface area contributed by atoms with Crippen molar-refractivity contribution in [3.63, 3.8) is 0 Å². The van der Waals surface area contributed by atoms with Crippen LogP contribution in [-0.4, -0.2) is 33.4 Å². The molecule has 0 amide bonds. The quantitative estimate of drug-likeness (QED) is 0.267. The number of aromatic nitrogens is 6. The molecule has 4 heterocycles. The van der Waals surface area contributed by atoms with E-state index in [0.29, 0.717) is 38.4 Å².